The van der Waals surface area contributed by atoms with E-state index in [0.29, 0.717) is 37.9 Å². The van der Waals surface area contributed by atoms with E-state index in [1.165, 1.54) is 6.07 Å². The molecule has 0 bridgehead atoms. The molecule has 0 aliphatic carbocycles. The summed E-state index contributed by atoms with van der Waals surface area (Å²) in [6, 6.07) is 3.34. The molecule has 4 rings (SSSR count). The first kappa shape index (κ1) is 15.7. The van der Waals surface area contributed by atoms with E-state index in [-0.39, 0.29) is 29.0 Å². The van der Waals surface area contributed by atoms with Crippen LogP contribution in [0.3, 0.4) is 0 Å². The number of hydrogen-bond acceptors (Lipinski definition) is 6. The van der Waals surface area contributed by atoms with Crippen LogP contribution in [0, 0.1) is 11.6 Å². The van der Waals surface area contributed by atoms with E-state index < -0.39 is 11.6 Å². The van der Waals surface area contributed by atoms with Gasteiger partial charge in [0.1, 0.15) is 17.2 Å². The van der Waals surface area contributed by atoms with Crippen LogP contribution in [-0.4, -0.2) is 41.3 Å². The van der Waals surface area contributed by atoms with E-state index >= 15 is 0 Å². The van der Waals surface area contributed by atoms with Crippen molar-refractivity contribution in [3.8, 4) is 0 Å². The molecule has 1 aliphatic heterocycles. The zero-order valence-electron chi connectivity index (χ0n) is 13.1. The van der Waals surface area contributed by atoms with Gasteiger partial charge >= 0.3 is 0 Å². The fourth-order valence-electron chi connectivity index (χ4n) is 2.72. The molecular weight excluding hydrogens is 334 g/mol. The minimum absolute atomic E-state index is 0.103. The summed E-state index contributed by atoms with van der Waals surface area (Å²) in [7, 11) is 0. The van der Waals surface area contributed by atoms with Gasteiger partial charge in [0.2, 0.25) is 5.89 Å². The smallest absolute Gasteiger partial charge is 0.252 e. The van der Waals surface area contributed by atoms with Gasteiger partial charge in [-0.1, -0.05) is 0 Å². The predicted octanol–water partition coefficient (Wildman–Crippen LogP) is 1.62. The summed E-state index contributed by atoms with van der Waals surface area (Å²) in [5, 5.41) is 0. The largest absolute Gasteiger partial charge is 0.440 e. The highest BCUT2D eigenvalue weighted by molar-refractivity contribution is 5.72. The molecule has 0 spiro atoms. The Morgan fingerprint density at radius 1 is 1.12 bits per heavy atom. The number of morpholine rings is 1. The van der Waals surface area contributed by atoms with Crippen molar-refractivity contribution >= 4 is 16.9 Å². The van der Waals surface area contributed by atoms with Crippen molar-refractivity contribution in [1.82, 2.24) is 15.0 Å². The van der Waals surface area contributed by atoms with E-state index in [1.54, 1.807) is 0 Å². The Morgan fingerprint density at radius 2 is 1.88 bits per heavy atom. The number of nitrogens with one attached hydrogen (secondary N) is 1. The lowest BCUT2D eigenvalue weighted by Crippen LogP contribution is -2.37. The summed E-state index contributed by atoms with van der Waals surface area (Å²) >= 11 is 0. The summed E-state index contributed by atoms with van der Waals surface area (Å²) in [5.74, 6) is -0.872. The molecule has 0 saturated carbocycles. The fourth-order valence-corrected chi connectivity index (χ4v) is 2.72. The van der Waals surface area contributed by atoms with Gasteiger partial charge in [-0.05, 0) is 0 Å². The minimum atomic E-state index is -1.00. The number of hydrogen-bond donors (Lipinski definition) is 1. The Labute approximate surface area is 140 Å². The topological polar surface area (TPSA) is 84.2 Å². The van der Waals surface area contributed by atoms with Crippen molar-refractivity contribution in [2.24, 2.45) is 0 Å². The van der Waals surface area contributed by atoms with E-state index in [4.69, 9.17) is 9.15 Å². The number of nitrogens with zero attached hydrogens (tertiary/aromatic N) is 3. The van der Waals surface area contributed by atoms with Gasteiger partial charge in [-0.2, -0.15) is 0 Å². The molecule has 0 unspecified atom stereocenters. The second-order valence-corrected chi connectivity index (χ2v) is 5.67. The Morgan fingerprint density at radius 3 is 2.68 bits per heavy atom. The molecule has 1 aliphatic rings. The van der Waals surface area contributed by atoms with Crippen LogP contribution in [0.1, 0.15) is 11.7 Å². The third-order valence-electron chi connectivity index (χ3n) is 3.91. The van der Waals surface area contributed by atoms with Crippen molar-refractivity contribution in [3.63, 3.8) is 0 Å². The van der Waals surface area contributed by atoms with Gasteiger partial charge in [-0.3, -0.25) is 4.79 Å². The van der Waals surface area contributed by atoms with Crippen LogP contribution in [0.25, 0.3) is 11.1 Å². The van der Waals surface area contributed by atoms with Gasteiger partial charge in [0.25, 0.3) is 5.56 Å². The predicted molar refractivity (Wildman–Crippen MR) is 84.6 cm³/mol. The molecular formula is C16H14F2N4O3. The molecule has 2 aromatic heterocycles. The highest BCUT2D eigenvalue weighted by Crippen LogP contribution is 2.20. The van der Waals surface area contributed by atoms with Crippen LogP contribution in [0.15, 0.2) is 27.4 Å². The van der Waals surface area contributed by atoms with Gasteiger partial charge in [0, 0.05) is 31.3 Å². The number of aromatic nitrogens is 3. The maximum absolute atomic E-state index is 13.3. The summed E-state index contributed by atoms with van der Waals surface area (Å²) in [5.41, 5.74) is 0.0563. The Balaban J connectivity index is 1.64. The number of rotatable bonds is 3. The Kier molecular flexibility index (Phi) is 3.92. The monoisotopic (exact) mass is 348 g/mol. The number of ether oxygens (including phenoxy) is 1. The zero-order chi connectivity index (χ0) is 17.4. The molecule has 1 aromatic carbocycles. The first-order chi connectivity index (χ1) is 12.1. The quantitative estimate of drug-likeness (QED) is 0.774. The van der Waals surface area contributed by atoms with Crippen molar-refractivity contribution in [3.05, 3.63) is 51.9 Å². The molecule has 25 heavy (non-hydrogen) atoms. The summed E-state index contributed by atoms with van der Waals surface area (Å²) in [6.07, 6.45) is 0.103. The number of fused-ring (bicyclic) bond motifs is 1. The lowest BCUT2D eigenvalue weighted by molar-refractivity contribution is 0.122. The second-order valence-electron chi connectivity index (χ2n) is 5.67. The number of anilines is 1. The Hall–Kier alpha value is -2.81. The number of oxazole rings is 1. The summed E-state index contributed by atoms with van der Waals surface area (Å²) < 4.78 is 37.2. The number of aromatic amines is 1. The molecule has 9 heteroatoms. The number of benzene rings is 1. The average Bonchev–Trinajstić information content (AvgIpc) is 2.96. The number of halogens is 2. The van der Waals surface area contributed by atoms with Crippen LogP contribution in [0.4, 0.5) is 14.6 Å². The van der Waals surface area contributed by atoms with Crippen LogP contribution >= 0.6 is 0 Å². The second kappa shape index (κ2) is 6.25. The van der Waals surface area contributed by atoms with E-state index in [1.807, 2.05) is 4.90 Å². The van der Waals surface area contributed by atoms with Crippen molar-refractivity contribution in [2.75, 3.05) is 31.2 Å². The zero-order valence-corrected chi connectivity index (χ0v) is 13.1. The highest BCUT2D eigenvalue weighted by Gasteiger charge is 2.16. The summed E-state index contributed by atoms with van der Waals surface area (Å²) in [4.78, 5) is 25.0. The standard InChI is InChI=1S/C16H14F2N4O3/c17-9-5-11-12(6-10(9)18)25-16(19-11)7-13-20-14(8-15(23)21-13)22-1-3-24-4-2-22/h5-6,8H,1-4,7H2,(H,20,21,23). The molecule has 1 fully saturated rings. The highest BCUT2D eigenvalue weighted by atomic mass is 19.2. The fraction of sp³-hybridized carbons (Fsp3) is 0.312. The molecule has 3 heterocycles. The van der Waals surface area contributed by atoms with Crippen molar-refractivity contribution < 1.29 is 17.9 Å². The van der Waals surface area contributed by atoms with Crippen LogP contribution in [0.5, 0.6) is 0 Å². The molecule has 1 saturated heterocycles. The normalized spacial score (nSPS) is 15.0. The first-order valence-electron chi connectivity index (χ1n) is 7.76. The molecule has 130 valence electrons. The van der Waals surface area contributed by atoms with Crippen molar-refractivity contribution in [2.45, 2.75) is 6.42 Å². The SMILES string of the molecule is O=c1cc(N2CCOCC2)nc(Cc2nc3cc(F)c(F)cc3o2)[nH]1. The van der Waals surface area contributed by atoms with Crippen LogP contribution < -0.4 is 10.5 Å². The Bertz CT molecular complexity index is 940. The molecule has 0 amide bonds. The summed E-state index contributed by atoms with van der Waals surface area (Å²) in [6.45, 7) is 2.45. The van der Waals surface area contributed by atoms with E-state index in [2.05, 4.69) is 15.0 Å². The van der Waals surface area contributed by atoms with Crippen LogP contribution in [0.2, 0.25) is 0 Å². The molecule has 0 atom stereocenters. The third kappa shape index (κ3) is 3.22. The first-order valence-corrected chi connectivity index (χ1v) is 7.76. The van der Waals surface area contributed by atoms with E-state index in [0.717, 1.165) is 12.1 Å². The van der Waals surface area contributed by atoms with Gasteiger partial charge in [-0.15, -0.1) is 0 Å². The lowest BCUT2D eigenvalue weighted by atomic mass is 10.3. The van der Waals surface area contributed by atoms with E-state index in [9.17, 15) is 13.6 Å². The van der Waals surface area contributed by atoms with Crippen molar-refractivity contribution in [1.29, 1.82) is 0 Å². The third-order valence-corrected chi connectivity index (χ3v) is 3.91. The number of H-pyrrole nitrogens is 1. The maximum atomic E-state index is 13.3. The molecule has 0 radical (unpaired) electrons. The average molecular weight is 348 g/mol. The van der Waals surface area contributed by atoms with Gasteiger partial charge in [0.05, 0.1) is 19.6 Å². The maximum Gasteiger partial charge on any atom is 0.252 e. The molecule has 1 N–H and O–H groups in total. The van der Waals surface area contributed by atoms with Gasteiger partial charge in [-0.25, -0.2) is 18.7 Å². The molecule has 7 nitrogen and oxygen atoms in total. The van der Waals surface area contributed by atoms with Crippen LogP contribution in [-0.2, 0) is 11.2 Å². The minimum Gasteiger partial charge on any atom is -0.440 e. The lowest BCUT2D eigenvalue weighted by Gasteiger charge is -2.27. The van der Waals surface area contributed by atoms with Gasteiger partial charge < -0.3 is 19.0 Å². The van der Waals surface area contributed by atoms with Gasteiger partial charge in [0.15, 0.2) is 17.2 Å². The molecule has 3 aromatic rings.